The van der Waals surface area contributed by atoms with E-state index in [1.165, 1.54) is 5.56 Å². The Balaban J connectivity index is 1.27. The van der Waals surface area contributed by atoms with Crippen molar-refractivity contribution in [3.63, 3.8) is 0 Å². The van der Waals surface area contributed by atoms with E-state index in [4.69, 9.17) is 14.2 Å². The van der Waals surface area contributed by atoms with E-state index >= 15 is 0 Å². The predicted octanol–water partition coefficient (Wildman–Crippen LogP) is 6.27. The molecule has 1 N–H and O–H groups in total. The molecule has 0 aromatic heterocycles. The molecule has 0 bridgehead atoms. The molecule has 1 amide bonds. The average Bonchev–Trinajstić information content (AvgIpc) is 3.36. The van der Waals surface area contributed by atoms with E-state index in [-0.39, 0.29) is 12.0 Å². The molecule has 3 aromatic rings. The maximum absolute atomic E-state index is 12.7. The van der Waals surface area contributed by atoms with Crippen LogP contribution in [0.15, 0.2) is 77.3 Å². The van der Waals surface area contributed by atoms with Crippen LogP contribution in [0, 0.1) is 0 Å². The predicted molar refractivity (Wildman–Crippen MR) is 133 cm³/mol. The third-order valence-electron chi connectivity index (χ3n) is 5.46. The smallest absolute Gasteiger partial charge is 0.255 e. The van der Waals surface area contributed by atoms with Crippen LogP contribution < -0.4 is 14.8 Å². The Morgan fingerprint density at radius 2 is 1.91 bits per heavy atom. The first-order valence-electron chi connectivity index (χ1n) is 11.3. The number of ether oxygens (including phenoxy) is 3. The second-order valence-electron chi connectivity index (χ2n) is 8.01. The molecule has 1 saturated heterocycles. The van der Waals surface area contributed by atoms with Gasteiger partial charge in [-0.25, -0.2) is 0 Å². The SMILES string of the molecule is O=C(Nc1cccc(OCCCc2ccccc2)c1)c1ccc(OCC2CCCO2)c(Br)c1. The normalized spacial score (nSPS) is 15.2. The van der Waals surface area contributed by atoms with Crippen molar-refractivity contribution < 1.29 is 19.0 Å². The van der Waals surface area contributed by atoms with Gasteiger partial charge in [-0.15, -0.1) is 0 Å². The maximum Gasteiger partial charge on any atom is 0.255 e. The van der Waals surface area contributed by atoms with Gasteiger partial charge in [0.1, 0.15) is 18.1 Å². The molecular weight excluding hydrogens is 482 g/mol. The molecule has 4 rings (SSSR count). The number of benzene rings is 3. The van der Waals surface area contributed by atoms with E-state index in [1.807, 2.05) is 42.5 Å². The van der Waals surface area contributed by atoms with Gasteiger partial charge in [0.05, 0.1) is 17.2 Å². The van der Waals surface area contributed by atoms with Crippen molar-refractivity contribution in [2.24, 2.45) is 0 Å². The minimum Gasteiger partial charge on any atom is -0.494 e. The number of amides is 1. The van der Waals surface area contributed by atoms with Crippen molar-refractivity contribution in [2.45, 2.75) is 31.8 Å². The van der Waals surface area contributed by atoms with Gasteiger partial charge < -0.3 is 19.5 Å². The second-order valence-corrected chi connectivity index (χ2v) is 8.87. The van der Waals surface area contributed by atoms with Crippen molar-refractivity contribution >= 4 is 27.5 Å². The second kappa shape index (κ2) is 11.9. The molecule has 0 radical (unpaired) electrons. The number of nitrogens with one attached hydrogen (secondary N) is 1. The minimum atomic E-state index is -0.192. The van der Waals surface area contributed by atoms with Crippen LogP contribution in [0.4, 0.5) is 5.69 Å². The summed E-state index contributed by atoms with van der Waals surface area (Å²) in [5, 5.41) is 2.94. The number of aryl methyl sites for hydroxylation is 1. The summed E-state index contributed by atoms with van der Waals surface area (Å²) >= 11 is 3.51. The summed E-state index contributed by atoms with van der Waals surface area (Å²) in [4.78, 5) is 12.7. The summed E-state index contributed by atoms with van der Waals surface area (Å²) in [6, 6.07) is 23.2. The molecule has 1 unspecified atom stereocenters. The lowest BCUT2D eigenvalue weighted by Crippen LogP contribution is -2.16. The highest BCUT2D eigenvalue weighted by atomic mass is 79.9. The number of anilines is 1. The summed E-state index contributed by atoms with van der Waals surface area (Å²) < 4.78 is 18.0. The molecule has 0 aliphatic carbocycles. The minimum absolute atomic E-state index is 0.146. The first kappa shape index (κ1) is 23.3. The van der Waals surface area contributed by atoms with Crippen molar-refractivity contribution in [3.8, 4) is 11.5 Å². The Morgan fingerprint density at radius 1 is 1.03 bits per heavy atom. The van der Waals surface area contributed by atoms with Gasteiger partial charge >= 0.3 is 0 Å². The molecule has 0 saturated carbocycles. The lowest BCUT2D eigenvalue weighted by molar-refractivity contribution is 0.0677. The standard InChI is InChI=1S/C27H28BrNO4/c28-25-17-21(13-14-26(25)33-19-24-12-6-16-32-24)27(30)29-22-10-4-11-23(18-22)31-15-5-9-20-7-2-1-3-8-20/h1-4,7-8,10-11,13-14,17-18,24H,5-6,9,12,15-16,19H2,(H,29,30). The van der Waals surface area contributed by atoms with Crippen LogP contribution in [0.2, 0.25) is 0 Å². The fraction of sp³-hybridized carbons (Fsp3) is 0.296. The molecule has 1 aliphatic heterocycles. The zero-order valence-corrected chi connectivity index (χ0v) is 20.1. The summed E-state index contributed by atoms with van der Waals surface area (Å²) in [5.41, 5.74) is 2.53. The number of halogens is 1. The van der Waals surface area contributed by atoms with Gasteiger partial charge in [-0.2, -0.15) is 0 Å². The molecule has 1 aliphatic rings. The van der Waals surface area contributed by atoms with Crippen LogP contribution in [0.3, 0.4) is 0 Å². The van der Waals surface area contributed by atoms with Crippen molar-refractivity contribution in [3.05, 3.63) is 88.4 Å². The van der Waals surface area contributed by atoms with Crippen LogP contribution in [0.1, 0.15) is 35.2 Å². The molecular formula is C27H28BrNO4. The number of carbonyl (C=O) groups is 1. The fourth-order valence-corrected chi connectivity index (χ4v) is 4.19. The lowest BCUT2D eigenvalue weighted by atomic mass is 10.1. The number of rotatable bonds is 10. The quantitative estimate of drug-likeness (QED) is 0.327. The molecule has 0 spiro atoms. The fourth-order valence-electron chi connectivity index (χ4n) is 3.70. The van der Waals surface area contributed by atoms with Gasteiger partial charge in [0, 0.05) is 23.9 Å². The number of carbonyl (C=O) groups excluding carboxylic acids is 1. The van der Waals surface area contributed by atoms with E-state index in [0.717, 1.165) is 42.5 Å². The molecule has 1 fully saturated rings. The van der Waals surface area contributed by atoms with Gasteiger partial charge in [0.2, 0.25) is 0 Å². The summed E-state index contributed by atoms with van der Waals surface area (Å²) in [7, 11) is 0. The van der Waals surface area contributed by atoms with Crippen LogP contribution in [-0.2, 0) is 11.2 Å². The summed E-state index contributed by atoms with van der Waals surface area (Å²) in [5.74, 6) is 1.25. The van der Waals surface area contributed by atoms with Gasteiger partial charge in [0.25, 0.3) is 5.91 Å². The average molecular weight is 510 g/mol. The van der Waals surface area contributed by atoms with Crippen LogP contribution in [0.5, 0.6) is 11.5 Å². The monoisotopic (exact) mass is 509 g/mol. The van der Waals surface area contributed by atoms with Gasteiger partial charge in [-0.05, 0) is 77.5 Å². The largest absolute Gasteiger partial charge is 0.494 e. The highest BCUT2D eigenvalue weighted by molar-refractivity contribution is 9.10. The Hall–Kier alpha value is -2.83. The lowest BCUT2D eigenvalue weighted by Gasteiger charge is -2.13. The number of hydrogen-bond acceptors (Lipinski definition) is 4. The van der Waals surface area contributed by atoms with Crippen LogP contribution >= 0.6 is 15.9 Å². The van der Waals surface area contributed by atoms with E-state index in [1.54, 1.807) is 18.2 Å². The third kappa shape index (κ3) is 7.07. The Morgan fingerprint density at radius 3 is 2.70 bits per heavy atom. The zero-order valence-electron chi connectivity index (χ0n) is 18.5. The van der Waals surface area contributed by atoms with E-state index in [2.05, 4.69) is 33.4 Å². The van der Waals surface area contributed by atoms with Crippen molar-refractivity contribution in [1.82, 2.24) is 0 Å². The van der Waals surface area contributed by atoms with E-state index in [0.29, 0.717) is 30.2 Å². The summed E-state index contributed by atoms with van der Waals surface area (Å²) in [6.07, 6.45) is 4.14. The molecule has 1 atom stereocenters. The first-order chi connectivity index (χ1) is 16.2. The molecule has 33 heavy (non-hydrogen) atoms. The highest BCUT2D eigenvalue weighted by Gasteiger charge is 2.17. The molecule has 3 aromatic carbocycles. The molecule has 172 valence electrons. The Labute approximate surface area is 203 Å². The van der Waals surface area contributed by atoms with E-state index in [9.17, 15) is 4.79 Å². The van der Waals surface area contributed by atoms with E-state index < -0.39 is 0 Å². The van der Waals surface area contributed by atoms with Gasteiger partial charge in [-0.3, -0.25) is 4.79 Å². The number of hydrogen-bond donors (Lipinski definition) is 1. The Kier molecular flexibility index (Phi) is 8.39. The summed E-state index contributed by atoms with van der Waals surface area (Å²) in [6.45, 7) is 1.93. The third-order valence-corrected chi connectivity index (χ3v) is 6.08. The molecule has 1 heterocycles. The van der Waals surface area contributed by atoms with Crippen molar-refractivity contribution in [1.29, 1.82) is 0 Å². The van der Waals surface area contributed by atoms with Gasteiger partial charge in [-0.1, -0.05) is 36.4 Å². The molecule has 5 nitrogen and oxygen atoms in total. The van der Waals surface area contributed by atoms with Gasteiger partial charge in [0.15, 0.2) is 0 Å². The Bertz CT molecular complexity index is 1050. The molecule has 6 heteroatoms. The highest BCUT2D eigenvalue weighted by Crippen LogP contribution is 2.28. The zero-order chi connectivity index (χ0) is 22.9. The first-order valence-corrected chi connectivity index (χ1v) is 12.1. The van der Waals surface area contributed by atoms with Crippen LogP contribution in [-0.4, -0.2) is 31.8 Å². The topological polar surface area (TPSA) is 56.8 Å². The van der Waals surface area contributed by atoms with Crippen molar-refractivity contribution in [2.75, 3.05) is 25.1 Å². The van der Waals surface area contributed by atoms with Crippen LogP contribution in [0.25, 0.3) is 0 Å². The maximum atomic E-state index is 12.7.